The molecule has 2 aromatic heterocycles. The highest BCUT2D eigenvalue weighted by molar-refractivity contribution is 6.06. The molecule has 232 valence electrons. The van der Waals surface area contributed by atoms with Crippen molar-refractivity contribution in [2.75, 3.05) is 35.7 Å². The number of hydrogen-bond donors (Lipinski definition) is 2. The molecule has 0 spiro atoms. The lowest BCUT2D eigenvalue weighted by atomic mass is 9.98. The van der Waals surface area contributed by atoms with Crippen molar-refractivity contribution >= 4 is 40.1 Å². The molecule has 1 fully saturated rings. The first-order chi connectivity index (χ1) is 20.9. The highest BCUT2D eigenvalue weighted by atomic mass is 19.4. The first-order valence-electron chi connectivity index (χ1n) is 14.3. The number of amides is 1. The number of nitrogens with one attached hydrogen (secondary N) is 2. The summed E-state index contributed by atoms with van der Waals surface area (Å²) >= 11 is 0. The number of aryl methyl sites for hydroxylation is 2. The number of anilines is 4. The lowest BCUT2D eigenvalue weighted by Crippen LogP contribution is -2.22. The molecule has 44 heavy (non-hydrogen) atoms. The summed E-state index contributed by atoms with van der Waals surface area (Å²) in [7, 11) is 1.37. The molecule has 0 saturated carbocycles. The van der Waals surface area contributed by atoms with Crippen LogP contribution in [0.2, 0.25) is 0 Å². The Morgan fingerprint density at radius 3 is 2.61 bits per heavy atom. The summed E-state index contributed by atoms with van der Waals surface area (Å²) < 4.78 is 60.6. The van der Waals surface area contributed by atoms with E-state index in [1.165, 1.54) is 13.4 Å². The molecular formula is C31H33F4N7O2. The minimum atomic E-state index is -4.61. The summed E-state index contributed by atoms with van der Waals surface area (Å²) in [4.78, 5) is 32.6. The molecule has 0 bridgehead atoms. The summed E-state index contributed by atoms with van der Waals surface area (Å²) in [5.41, 5.74) is 1.81. The van der Waals surface area contributed by atoms with Crippen molar-refractivity contribution in [3.8, 4) is 5.75 Å². The summed E-state index contributed by atoms with van der Waals surface area (Å²) in [6.07, 6.45) is -1.25. The smallest absolute Gasteiger partial charge is 0.416 e. The Labute approximate surface area is 252 Å². The molecule has 1 saturated heterocycles. The molecule has 1 atom stereocenters. The summed E-state index contributed by atoms with van der Waals surface area (Å²) in [6.45, 7) is 6.49. The van der Waals surface area contributed by atoms with Crippen molar-refractivity contribution in [1.82, 2.24) is 19.9 Å². The SMILES string of the molecule is COc1c(CCC(C)C)cc(C(F)(F)F)cc1NC(=O)c1ccc(C)c(Nc2ncnc3cnc(N4CC[C@H](F)C4)nc23)c1. The molecule has 1 aliphatic heterocycles. The van der Waals surface area contributed by atoms with Gasteiger partial charge in [0.25, 0.3) is 5.91 Å². The third-order valence-corrected chi connectivity index (χ3v) is 7.47. The van der Waals surface area contributed by atoms with Gasteiger partial charge in [-0.15, -0.1) is 0 Å². The molecule has 4 aromatic rings. The molecule has 1 amide bonds. The predicted molar refractivity (Wildman–Crippen MR) is 160 cm³/mol. The fourth-order valence-corrected chi connectivity index (χ4v) is 5.02. The van der Waals surface area contributed by atoms with E-state index in [0.29, 0.717) is 59.9 Å². The zero-order valence-corrected chi connectivity index (χ0v) is 24.8. The van der Waals surface area contributed by atoms with Crippen LogP contribution in [0.5, 0.6) is 5.75 Å². The Balaban J connectivity index is 1.44. The number of alkyl halides is 4. The maximum absolute atomic E-state index is 13.8. The lowest BCUT2D eigenvalue weighted by Gasteiger charge is -2.19. The first kappa shape index (κ1) is 30.9. The summed E-state index contributed by atoms with van der Waals surface area (Å²) in [6, 6.07) is 6.83. The quantitative estimate of drug-likeness (QED) is 0.197. The van der Waals surface area contributed by atoms with E-state index in [1.807, 2.05) is 20.8 Å². The molecule has 2 aromatic carbocycles. The van der Waals surface area contributed by atoms with E-state index in [4.69, 9.17) is 4.74 Å². The van der Waals surface area contributed by atoms with E-state index >= 15 is 0 Å². The van der Waals surface area contributed by atoms with Gasteiger partial charge < -0.3 is 20.3 Å². The number of halogens is 4. The highest BCUT2D eigenvalue weighted by Crippen LogP contribution is 2.39. The highest BCUT2D eigenvalue weighted by Gasteiger charge is 2.33. The second-order valence-electron chi connectivity index (χ2n) is 11.2. The van der Waals surface area contributed by atoms with Crippen LogP contribution in [0.1, 0.15) is 53.7 Å². The number of benzene rings is 2. The molecule has 0 aliphatic carbocycles. The molecule has 13 heteroatoms. The van der Waals surface area contributed by atoms with Crippen LogP contribution >= 0.6 is 0 Å². The van der Waals surface area contributed by atoms with Gasteiger partial charge in [0, 0.05) is 17.8 Å². The minimum absolute atomic E-state index is 0.0652. The van der Waals surface area contributed by atoms with E-state index in [-0.39, 0.29) is 29.5 Å². The van der Waals surface area contributed by atoms with Crippen LogP contribution in [-0.4, -0.2) is 52.2 Å². The summed E-state index contributed by atoms with van der Waals surface area (Å²) in [5.74, 6) is 0.552. The molecule has 2 N–H and O–H groups in total. The number of carbonyl (C=O) groups excluding carboxylic acids is 1. The van der Waals surface area contributed by atoms with Crippen molar-refractivity contribution in [3.05, 3.63) is 65.1 Å². The number of nitrogens with zero attached hydrogens (tertiary/aromatic N) is 5. The number of rotatable bonds is 9. The first-order valence-corrected chi connectivity index (χ1v) is 14.3. The van der Waals surface area contributed by atoms with Crippen LogP contribution in [0.25, 0.3) is 11.0 Å². The number of methoxy groups -OCH3 is 1. The van der Waals surface area contributed by atoms with E-state index < -0.39 is 23.8 Å². The molecule has 9 nitrogen and oxygen atoms in total. The fraction of sp³-hybridized carbons (Fsp3) is 0.387. The normalized spacial score (nSPS) is 15.2. The number of hydrogen-bond acceptors (Lipinski definition) is 8. The van der Waals surface area contributed by atoms with Crippen molar-refractivity contribution in [2.24, 2.45) is 5.92 Å². The minimum Gasteiger partial charge on any atom is -0.494 e. The number of fused-ring (bicyclic) bond motifs is 1. The Morgan fingerprint density at radius 2 is 1.93 bits per heavy atom. The van der Waals surface area contributed by atoms with Crippen LogP contribution < -0.4 is 20.3 Å². The van der Waals surface area contributed by atoms with Crippen LogP contribution in [-0.2, 0) is 12.6 Å². The zero-order valence-electron chi connectivity index (χ0n) is 24.8. The maximum Gasteiger partial charge on any atom is 0.416 e. The standard InChI is InChI=1S/C31H33F4N7O2/c1-17(2)5-7-19-11-21(31(33,34)35)13-24(27(19)44-4)40-29(43)20-8-6-18(3)23(12-20)39-28-26-25(37-16-38-28)14-36-30(41-26)42-10-9-22(32)15-42/h6,8,11-14,16-17,22H,5,7,9-10,15H2,1-4H3,(H,40,43)(H,37,38,39)/t22-/m0/s1. The van der Waals surface area contributed by atoms with Gasteiger partial charge in [-0.1, -0.05) is 19.9 Å². The molecule has 1 aliphatic rings. The molecule has 0 unspecified atom stereocenters. The Bertz CT molecular complexity index is 1680. The monoisotopic (exact) mass is 611 g/mol. The van der Waals surface area contributed by atoms with Crippen LogP contribution in [0.4, 0.5) is 40.7 Å². The van der Waals surface area contributed by atoms with E-state index in [2.05, 4.69) is 30.6 Å². The second-order valence-corrected chi connectivity index (χ2v) is 11.2. The van der Waals surface area contributed by atoms with E-state index in [0.717, 1.165) is 17.7 Å². The average Bonchev–Trinajstić information content (AvgIpc) is 3.42. The average molecular weight is 612 g/mol. The van der Waals surface area contributed by atoms with E-state index in [1.54, 1.807) is 29.3 Å². The topological polar surface area (TPSA) is 105 Å². The van der Waals surface area contributed by atoms with Crippen molar-refractivity contribution < 1.29 is 27.1 Å². The van der Waals surface area contributed by atoms with Crippen LogP contribution in [0.15, 0.2) is 42.9 Å². The maximum atomic E-state index is 13.8. The lowest BCUT2D eigenvalue weighted by molar-refractivity contribution is -0.137. The molecule has 3 heterocycles. The van der Waals surface area contributed by atoms with Gasteiger partial charge in [0.1, 0.15) is 29.3 Å². The van der Waals surface area contributed by atoms with Crippen molar-refractivity contribution in [2.45, 2.75) is 52.4 Å². The fourth-order valence-electron chi connectivity index (χ4n) is 5.02. The van der Waals surface area contributed by atoms with Crippen LogP contribution in [0, 0.1) is 12.8 Å². The predicted octanol–water partition coefficient (Wildman–Crippen LogP) is 6.89. The Morgan fingerprint density at radius 1 is 1.14 bits per heavy atom. The van der Waals surface area contributed by atoms with Crippen molar-refractivity contribution in [3.63, 3.8) is 0 Å². The third kappa shape index (κ3) is 6.81. The number of ether oxygens (including phenoxy) is 1. The Kier molecular flexibility index (Phi) is 8.84. The Hall–Kier alpha value is -4.55. The van der Waals surface area contributed by atoms with Gasteiger partial charge >= 0.3 is 6.18 Å². The van der Waals surface area contributed by atoms with Crippen LogP contribution in [0.3, 0.4) is 0 Å². The van der Waals surface area contributed by atoms with Gasteiger partial charge in [0.2, 0.25) is 5.95 Å². The van der Waals surface area contributed by atoms with Gasteiger partial charge in [-0.25, -0.2) is 24.3 Å². The van der Waals surface area contributed by atoms with Gasteiger partial charge in [0.05, 0.1) is 31.1 Å². The third-order valence-electron chi connectivity index (χ3n) is 7.47. The second kappa shape index (κ2) is 12.6. The van der Waals surface area contributed by atoms with Gasteiger partial charge in [0.15, 0.2) is 5.82 Å². The summed E-state index contributed by atoms with van der Waals surface area (Å²) in [5, 5.41) is 5.83. The zero-order chi connectivity index (χ0) is 31.6. The molecular weight excluding hydrogens is 578 g/mol. The number of aromatic nitrogens is 4. The van der Waals surface area contributed by atoms with E-state index in [9.17, 15) is 22.4 Å². The van der Waals surface area contributed by atoms with Crippen molar-refractivity contribution in [1.29, 1.82) is 0 Å². The van der Waals surface area contributed by atoms with Gasteiger partial charge in [-0.2, -0.15) is 13.2 Å². The largest absolute Gasteiger partial charge is 0.494 e. The number of carbonyl (C=O) groups is 1. The van der Waals surface area contributed by atoms with Gasteiger partial charge in [-0.3, -0.25) is 4.79 Å². The molecule has 0 radical (unpaired) electrons. The van der Waals surface area contributed by atoms with Gasteiger partial charge in [-0.05, 0) is 67.5 Å². The molecule has 5 rings (SSSR count).